The number of fused-ring (bicyclic) bond motifs is 5. The molecule has 0 N–H and O–H groups in total. The number of rotatable bonds is 3. The van der Waals surface area contributed by atoms with Crippen LogP contribution in [0.4, 0.5) is 0 Å². The van der Waals surface area contributed by atoms with Gasteiger partial charge in [0.25, 0.3) is 0 Å². The fraction of sp³-hybridized carbons (Fsp3) is 0.154. The summed E-state index contributed by atoms with van der Waals surface area (Å²) in [6.45, 7) is 2.24. The van der Waals surface area contributed by atoms with E-state index >= 15 is 0 Å². The van der Waals surface area contributed by atoms with Gasteiger partial charge >= 0.3 is 0 Å². The Morgan fingerprint density at radius 3 is 2.25 bits per heavy atom. The summed E-state index contributed by atoms with van der Waals surface area (Å²) >= 11 is 0. The first-order chi connectivity index (χ1) is 13.7. The number of para-hydroxylation sites is 1. The van der Waals surface area contributed by atoms with Crippen LogP contribution < -0.4 is 4.74 Å². The number of nitrogens with zero attached hydrogens (tertiary/aromatic N) is 1. The molecule has 0 saturated heterocycles. The Labute approximate surface area is 165 Å². The van der Waals surface area contributed by atoms with Crippen LogP contribution in [0.2, 0.25) is 0 Å². The Morgan fingerprint density at radius 2 is 1.50 bits per heavy atom. The molecule has 0 aromatic heterocycles. The minimum absolute atomic E-state index is 0.900. The highest BCUT2D eigenvalue weighted by Gasteiger charge is 2.25. The molecule has 2 nitrogen and oxygen atoms in total. The minimum Gasteiger partial charge on any atom is -0.497 e. The second-order valence-electron chi connectivity index (χ2n) is 7.28. The maximum absolute atomic E-state index is 5.57. The van der Waals surface area contributed by atoms with E-state index < -0.39 is 0 Å². The zero-order valence-electron chi connectivity index (χ0n) is 16.5. The lowest BCUT2D eigenvalue weighted by Gasteiger charge is -2.19. The normalized spacial score (nSPS) is 11.5. The fourth-order valence-corrected chi connectivity index (χ4v) is 4.65. The van der Waals surface area contributed by atoms with Gasteiger partial charge in [-0.2, -0.15) is 0 Å². The summed E-state index contributed by atoms with van der Waals surface area (Å²) in [7, 11) is 3.92. The third kappa shape index (κ3) is 2.27. The summed E-state index contributed by atoms with van der Waals surface area (Å²) in [6, 6.07) is 26.0. The van der Waals surface area contributed by atoms with Gasteiger partial charge < -0.3 is 9.30 Å². The molecule has 0 bridgehead atoms. The molecule has 3 aromatic carbocycles. The average Bonchev–Trinajstić information content (AvgIpc) is 3.09. The van der Waals surface area contributed by atoms with Crippen molar-refractivity contribution in [2.24, 2.45) is 7.05 Å². The topological polar surface area (TPSA) is 14.2 Å². The summed E-state index contributed by atoms with van der Waals surface area (Å²) in [4.78, 5) is 0. The van der Waals surface area contributed by atoms with E-state index in [0.29, 0.717) is 0 Å². The first-order valence-corrected chi connectivity index (χ1v) is 9.79. The van der Waals surface area contributed by atoms with Crippen molar-refractivity contribution in [1.29, 1.82) is 0 Å². The van der Waals surface area contributed by atoms with Crippen molar-refractivity contribution in [2.45, 2.75) is 13.3 Å². The van der Waals surface area contributed by atoms with Crippen LogP contribution in [0, 0.1) is 0 Å². The Balaban J connectivity index is 2.09. The van der Waals surface area contributed by atoms with Crippen LogP contribution >= 0.6 is 0 Å². The SMILES string of the molecule is CCc1c2c3cc(OC)ccc3c(-c3ccccc3)c-2c2ccccc2n1C. The van der Waals surface area contributed by atoms with Crippen LogP contribution in [0.5, 0.6) is 5.75 Å². The molecule has 3 aromatic rings. The Hall–Kier alpha value is -3.26. The molecular formula is C26H23NO. The number of aromatic nitrogens is 1. The number of hydrogen-bond acceptors (Lipinski definition) is 1. The minimum atomic E-state index is 0.900. The standard InChI is InChI=1S/C26H23NO/c1-4-22-25-21-16-18(28-3)14-15-19(21)24(17-10-6-5-7-11-17)26(25)20-12-8-9-13-23(20)27(22)2/h5-16H,4H2,1-3H3. The van der Waals surface area contributed by atoms with Crippen molar-refractivity contribution in [3.63, 3.8) is 0 Å². The molecule has 0 fully saturated rings. The van der Waals surface area contributed by atoms with Gasteiger partial charge in [-0.15, -0.1) is 0 Å². The number of benzene rings is 3. The van der Waals surface area contributed by atoms with E-state index in [0.717, 1.165) is 12.2 Å². The largest absolute Gasteiger partial charge is 0.497 e. The van der Waals surface area contributed by atoms with Gasteiger partial charge in [0.1, 0.15) is 5.75 Å². The maximum Gasteiger partial charge on any atom is 0.119 e. The summed E-state index contributed by atoms with van der Waals surface area (Å²) in [5.41, 5.74) is 7.89. The molecule has 1 heterocycles. The molecule has 138 valence electrons. The molecule has 5 rings (SSSR count). The molecule has 0 saturated carbocycles. The van der Waals surface area contributed by atoms with Gasteiger partial charge in [0.05, 0.1) is 7.11 Å². The first-order valence-electron chi connectivity index (χ1n) is 9.79. The Kier molecular flexibility index (Phi) is 3.87. The van der Waals surface area contributed by atoms with E-state index in [2.05, 4.69) is 91.3 Å². The second-order valence-corrected chi connectivity index (χ2v) is 7.28. The molecule has 28 heavy (non-hydrogen) atoms. The smallest absolute Gasteiger partial charge is 0.119 e. The lowest BCUT2D eigenvalue weighted by atomic mass is 9.93. The number of aryl methyl sites for hydroxylation is 1. The predicted octanol–water partition coefficient (Wildman–Crippen LogP) is 6.67. The lowest BCUT2D eigenvalue weighted by Crippen LogP contribution is -2.05. The van der Waals surface area contributed by atoms with Gasteiger partial charge in [0, 0.05) is 34.8 Å². The predicted molar refractivity (Wildman–Crippen MR) is 118 cm³/mol. The fourth-order valence-electron chi connectivity index (χ4n) is 4.65. The number of methoxy groups -OCH3 is 1. The second kappa shape index (κ2) is 6.42. The van der Waals surface area contributed by atoms with Crippen molar-refractivity contribution < 1.29 is 4.74 Å². The Bertz CT molecular complexity index is 1280. The zero-order chi connectivity index (χ0) is 19.3. The van der Waals surface area contributed by atoms with E-state index in [1.165, 1.54) is 49.6 Å². The van der Waals surface area contributed by atoms with Gasteiger partial charge in [0.15, 0.2) is 0 Å². The molecule has 2 aliphatic rings. The van der Waals surface area contributed by atoms with E-state index in [1.807, 2.05) is 0 Å². The van der Waals surface area contributed by atoms with E-state index in [9.17, 15) is 0 Å². The molecule has 0 spiro atoms. The lowest BCUT2D eigenvalue weighted by molar-refractivity contribution is 0.415. The zero-order valence-corrected chi connectivity index (χ0v) is 16.5. The van der Waals surface area contributed by atoms with E-state index in [1.54, 1.807) is 7.11 Å². The van der Waals surface area contributed by atoms with Crippen LogP contribution in [-0.2, 0) is 13.5 Å². The van der Waals surface area contributed by atoms with Gasteiger partial charge in [-0.05, 0) is 46.5 Å². The van der Waals surface area contributed by atoms with Crippen molar-refractivity contribution in [3.8, 4) is 28.0 Å². The van der Waals surface area contributed by atoms with E-state index in [-0.39, 0.29) is 0 Å². The van der Waals surface area contributed by atoms with Crippen molar-refractivity contribution in [3.05, 3.63) is 78.5 Å². The Morgan fingerprint density at radius 1 is 0.750 bits per heavy atom. The third-order valence-electron chi connectivity index (χ3n) is 5.89. The highest BCUT2D eigenvalue weighted by molar-refractivity contribution is 6.21. The molecule has 0 amide bonds. The van der Waals surface area contributed by atoms with Gasteiger partial charge in [0.2, 0.25) is 0 Å². The summed E-state index contributed by atoms with van der Waals surface area (Å²) in [6.07, 6.45) is 0.975. The molecular weight excluding hydrogens is 342 g/mol. The van der Waals surface area contributed by atoms with Crippen molar-refractivity contribution in [1.82, 2.24) is 4.57 Å². The number of hydrogen-bond donors (Lipinski definition) is 0. The van der Waals surface area contributed by atoms with Gasteiger partial charge in [-0.25, -0.2) is 0 Å². The first kappa shape index (κ1) is 16.9. The highest BCUT2D eigenvalue weighted by Crippen LogP contribution is 2.50. The molecule has 2 heteroatoms. The van der Waals surface area contributed by atoms with Crippen LogP contribution in [0.15, 0.2) is 72.8 Å². The molecule has 0 atom stereocenters. The maximum atomic E-state index is 5.57. The molecule has 0 unspecified atom stereocenters. The number of pyridine rings is 1. The number of ether oxygens (including phenoxy) is 1. The average molecular weight is 365 g/mol. The van der Waals surface area contributed by atoms with Crippen molar-refractivity contribution >= 4 is 21.7 Å². The van der Waals surface area contributed by atoms with E-state index in [4.69, 9.17) is 4.74 Å². The van der Waals surface area contributed by atoms with Crippen molar-refractivity contribution in [2.75, 3.05) is 7.11 Å². The highest BCUT2D eigenvalue weighted by atomic mass is 16.5. The van der Waals surface area contributed by atoms with Crippen LogP contribution in [0.1, 0.15) is 12.6 Å². The third-order valence-corrected chi connectivity index (χ3v) is 5.89. The monoisotopic (exact) mass is 365 g/mol. The molecule has 0 radical (unpaired) electrons. The summed E-state index contributed by atoms with van der Waals surface area (Å²) in [5.74, 6) is 0.900. The van der Waals surface area contributed by atoms with Gasteiger partial charge in [-0.1, -0.05) is 61.5 Å². The van der Waals surface area contributed by atoms with Crippen LogP contribution in [0.25, 0.3) is 43.9 Å². The molecule has 1 aliphatic carbocycles. The van der Waals surface area contributed by atoms with Crippen LogP contribution in [0.3, 0.4) is 0 Å². The quantitative estimate of drug-likeness (QED) is 0.348. The van der Waals surface area contributed by atoms with Crippen LogP contribution in [-0.4, -0.2) is 11.7 Å². The summed E-state index contributed by atoms with van der Waals surface area (Å²) in [5, 5.41) is 3.85. The summed E-state index contributed by atoms with van der Waals surface area (Å²) < 4.78 is 7.92. The van der Waals surface area contributed by atoms with Gasteiger partial charge in [-0.3, -0.25) is 0 Å². The molecule has 1 aliphatic heterocycles.